The largest absolute Gasteiger partial charge is 0.464 e. The van der Waals surface area contributed by atoms with Crippen LogP contribution in [-0.2, 0) is 4.74 Å². The second-order valence-corrected chi connectivity index (χ2v) is 3.93. The van der Waals surface area contributed by atoms with E-state index in [2.05, 4.69) is 25.3 Å². The van der Waals surface area contributed by atoms with Crippen molar-refractivity contribution in [3.63, 3.8) is 0 Å². The molecule has 6 nitrogen and oxygen atoms in total. The lowest BCUT2D eigenvalue weighted by molar-refractivity contribution is 0.0594. The molecule has 1 fully saturated rings. The van der Waals surface area contributed by atoms with Gasteiger partial charge in [0.25, 0.3) is 0 Å². The number of nitrogens with one attached hydrogen (secondary N) is 2. The number of piperidine rings is 1. The predicted molar refractivity (Wildman–Crippen MR) is 62.9 cm³/mol. The fraction of sp³-hybridized carbons (Fsp3) is 0.545. The third kappa shape index (κ3) is 3.13. The van der Waals surface area contributed by atoms with E-state index in [1.807, 2.05) is 0 Å². The molecule has 1 aromatic heterocycles. The van der Waals surface area contributed by atoms with Gasteiger partial charge in [-0.05, 0) is 32.0 Å². The van der Waals surface area contributed by atoms with Crippen molar-refractivity contribution in [1.29, 1.82) is 0 Å². The molecule has 0 bridgehead atoms. The SMILES string of the molecule is COC(=O)c1ccnc(NC2CCNCC2)n1. The number of ether oxygens (including phenoxy) is 1. The Balaban J connectivity index is 2.02. The first-order chi connectivity index (χ1) is 8.29. The van der Waals surface area contributed by atoms with Crippen LogP contribution in [-0.4, -0.2) is 42.2 Å². The molecule has 0 unspecified atom stereocenters. The molecule has 0 aliphatic carbocycles. The van der Waals surface area contributed by atoms with Crippen molar-refractivity contribution in [3.8, 4) is 0 Å². The topological polar surface area (TPSA) is 76.1 Å². The molecule has 1 aliphatic rings. The third-order valence-corrected chi connectivity index (χ3v) is 2.72. The smallest absolute Gasteiger partial charge is 0.356 e. The van der Waals surface area contributed by atoms with Gasteiger partial charge in [-0.25, -0.2) is 14.8 Å². The highest BCUT2D eigenvalue weighted by atomic mass is 16.5. The summed E-state index contributed by atoms with van der Waals surface area (Å²) in [5.41, 5.74) is 0.277. The van der Waals surface area contributed by atoms with Crippen LogP contribution in [0.25, 0.3) is 0 Å². The second-order valence-electron chi connectivity index (χ2n) is 3.93. The average Bonchev–Trinajstić information content (AvgIpc) is 2.39. The number of methoxy groups -OCH3 is 1. The highest BCUT2D eigenvalue weighted by Crippen LogP contribution is 2.09. The van der Waals surface area contributed by atoms with Crippen molar-refractivity contribution in [2.24, 2.45) is 0 Å². The molecule has 2 N–H and O–H groups in total. The Morgan fingerprint density at radius 1 is 1.53 bits per heavy atom. The number of esters is 1. The van der Waals surface area contributed by atoms with Crippen LogP contribution in [0.15, 0.2) is 12.3 Å². The van der Waals surface area contributed by atoms with Crippen molar-refractivity contribution in [1.82, 2.24) is 15.3 Å². The van der Waals surface area contributed by atoms with Crippen LogP contribution in [0.2, 0.25) is 0 Å². The summed E-state index contributed by atoms with van der Waals surface area (Å²) in [6.07, 6.45) is 3.63. The maximum absolute atomic E-state index is 11.3. The Hall–Kier alpha value is -1.69. The number of carbonyl (C=O) groups is 1. The summed E-state index contributed by atoms with van der Waals surface area (Å²) in [6, 6.07) is 1.91. The van der Waals surface area contributed by atoms with E-state index in [9.17, 15) is 4.79 Å². The summed E-state index contributed by atoms with van der Waals surface area (Å²) in [6.45, 7) is 1.99. The minimum atomic E-state index is -0.444. The zero-order valence-corrected chi connectivity index (χ0v) is 9.77. The molecule has 1 aromatic rings. The zero-order chi connectivity index (χ0) is 12.1. The standard InChI is InChI=1S/C11H16N4O2/c1-17-10(16)9-4-7-13-11(15-9)14-8-2-5-12-6-3-8/h4,7-8,12H,2-3,5-6H2,1H3,(H,13,14,15). The van der Waals surface area contributed by atoms with E-state index in [-0.39, 0.29) is 5.69 Å². The lowest BCUT2D eigenvalue weighted by Gasteiger charge is -2.23. The molecule has 1 aliphatic heterocycles. The van der Waals surface area contributed by atoms with Crippen LogP contribution in [0.5, 0.6) is 0 Å². The van der Waals surface area contributed by atoms with Crippen LogP contribution in [0.1, 0.15) is 23.3 Å². The highest BCUT2D eigenvalue weighted by molar-refractivity contribution is 5.87. The van der Waals surface area contributed by atoms with Crippen molar-refractivity contribution in [2.45, 2.75) is 18.9 Å². The van der Waals surface area contributed by atoms with Gasteiger partial charge in [0, 0.05) is 12.2 Å². The van der Waals surface area contributed by atoms with E-state index in [4.69, 9.17) is 0 Å². The first kappa shape index (κ1) is 11.8. The Labute approximate surface area is 99.8 Å². The molecule has 0 atom stereocenters. The van der Waals surface area contributed by atoms with E-state index >= 15 is 0 Å². The van der Waals surface area contributed by atoms with Crippen LogP contribution in [0, 0.1) is 0 Å². The average molecular weight is 236 g/mol. The molecule has 0 radical (unpaired) electrons. The fourth-order valence-corrected chi connectivity index (χ4v) is 1.80. The Morgan fingerprint density at radius 2 is 2.29 bits per heavy atom. The quantitative estimate of drug-likeness (QED) is 0.741. The van der Waals surface area contributed by atoms with Crippen LogP contribution >= 0.6 is 0 Å². The summed E-state index contributed by atoms with van der Waals surface area (Å²) in [5, 5.41) is 6.51. The number of carbonyl (C=O) groups excluding carboxylic acids is 1. The van der Waals surface area contributed by atoms with Gasteiger partial charge in [-0.3, -0.25) is 0 Å². The van der Waals surface area contributed by atoms with Gasteiger partial charge in [0.1, 0.15) is 0 Å². The summed E-state index contributed by atoms with van der Waals surface area (Å²) >= 11 is 0. The van der Waals surface area contributed by atoms with Gasteiger partial charge in [-0.2, -0.15) is 0 Å². The molecule has 17 heavy (non-hydrogen) atoms. The van der Waals surface area contributed by atoms with Gasteiger partial charge in [0.05, 0.1) is 7.11 Å². The Bertz CT molecular complexity index is 391. The maximum atomic E-state index is 11.3. The summed E-state index contributed by atoms with van der Waals surface area (Å²) in [7, 11) is 1.34. The fourth-order valence-electron chi connectivity index (χ4n) is 1.80. The van der Waals surface area contributed by atoms with Crippen LogP contribution in [0.3, 0.4) is 0 Å². The molecular formula is C11H16N4O2. The van der Waals surface area contributed by atoms with Gasteiger partial charge >= 0.3 is 5.97 Å². The van der Waals surface area contributed by atoms with E-state index in [1.165, 1.54) is 7.11 Å². The monoisotopic (exact) mass is 236 g/mol. The van der Waals surface area contributed by atoms with E-state index in [0.717, 1.165) is 25.9 Å². The Kier molecular flexibility index (Phi) is 3.87. The van der Waals surface area contributed by atoms with Crippen molar-refractivity contribution in [3.05, 3.63) is 18.0 Å². The molecule has 92 valence electrons. The molecular weight excluding hydrogens is 220 g/mol. The molecule has 0 amide bonds. The predicted octanol–water partition coefficient (Wildman–Crippen LogP) is 0.427. The summed E-state index contributed by atoms with van der Waals surface area (Å²) in [4.78, 5) is 19.5. The molecule has 2 heterocycles. The molecule has 0 spiro atoms. The third-order valence-electron chi connectivity index (χ3n) is 2.72. The van der Waals surface area contributed by atoms with Gasteiger partial charge < -0.3 is 15.4 Å². The van der Waals surface area contributed by atoms with Crippen LogP contribution < -0.4 is 10.6 Å². The number of anilines is 1. The minimum absolute atomic E-state index is 0.277. The molecule has 0 saturated carbocycles. The number of aromatic nitrogens is 2. The van der Waals surface area contributed by atoms with Crippen LogP contribution in [0.4, 0.5) is 5.95 Å². The molecule has 0 aromatic carbocycles. The highest BCUT2D eigenvalue weighted by Gasteiger charge is 2.15. The van der Waals surface area contributed by atoms with E-state index in [0.29, 0.717) is 12.0 Å². The van der Waals surface area contributed by atoms with Crippen molar-refractivity contribution >= 4 is 11.9 Å². The lowest BCUT2D eigenvalue weighted by Crippen LogP contribution is -2.35. The second kappa shape index (κ2) is 5.58. The van der Waals surface area contributed by atoms with Crippen molar-refractivity contribution in [2.75, 3.05) is 25.5 Å². The number of hydrogen-bond acceptors (Lipinski definition) is 6. The Morgan fingerprint density at radius 3 is 3.00 bits per heavy atom. The first-order valence-corrected chi connectivity index (χ1v) is 5.68. The normalized spacial score (nSPS) is 16.5. The first-order valence-electron chi connectivity index (χ1n) is 5.68. The molecule has 6 heteroatoms. The van der Waals surface area contributed by atoms with Crippen molar-refractivity contribution < 1.29 is 9.53 Å². The molecule has 2 rings (SSSR count). The van der Waals surface area contributed by atoms with E-state index in [1.54, 1.807) is 12.3 Å². The van der Waals surface area contributed by atoms with Gasteiger partial charge in [0.15, 0.2) is 5.69 Å². The summed E-state index contributed by atoms with van der Waals surface area (Å²) < 4.78 is 4.61. The number of rotatable bonds is 3. The number of hydrogen-bond donors (Lipinski definition) is 2. The maximum Gasteiger partial charge on any atom is 0.356 e. The van der Waals surface area contributed by atoms with Gasteiger partial charge in [-0.1, -0.05) is 0 Å². The zero-order valence-electron chi connectivity index (χ0n) is 9.77. The van der Waals surface area contributed by atoms with E-state index < -0.39 is 5.97 Å². The summed E-state index contributed by atoms with van der Waals surface area (Å²) in [5.74, 6) is 0.0422. The number of nitrogens with zero attached hydrogens (tertiary/aromatic N) is 2. The van der Waals surface area contributed by atoms with Gasteiger partial charge in [-0.15, -0.1) is 0 Å². The molecule has 1 saturated heterocycles. The lowest BCUT2D eigenvalue weighted by atomic mass is 10.1. The van der Waals surface area contributed by atoms with Gasteiger partial charge in [0.2, 0.25) is 5.95 Å². The minimum Gasteiger partial charge on any atom is -0.464 e.